The number of hydrogen-bond acceptors (Lipinski definition) is 3. The van der Waals surface area contributed by atoms with E-state index in [0.29, 0.717) is 5.56 Å². The maximum atomic E-state index is 12.8. The van der Waals surface area contributed by atoms with E-state index >= 15 is 0 Å². The molecule has 5 heteroatoms. The van der Waals surface area contributed by atoms with Crippen LogP contribution in [0.3, 0.4) is 0 Å². The summed E-state index contributed by atoms with van der Waals surface area (Å²) in [6, 6.07) is 9.53. The molecule has 0 unspecified atom stereocenters. The van der Waals surface area contributed by atoms with E-state index in [1.807, 2.05) is 18.2 Å². The molecule has 2 amide bonds. The Hall–Kier alpha value is -2.69. The number of aromatic nitrogens is 1. The first-order valence-electron chi connectivity index (χ1n) is 10.3. The Morgan fingerprint density at radius 3 is 2.32 bits per heavy atom. The van der Waals surface area contributed by atoms with E-state index in [4.69, 9.17) is 0 Å². The third kappa shape index (κ3) is 4.77. The average Bonchev–Trinajstić information content (AvgIpc) is 2.74. The predicted octanol–water partition coefficient (Wildman–Crippen LogP) is 4.52. The van der Waals surface area contributed by atoms with Crippen molar-refractivity contribution in [1.82, 2.24) is 10.3 Å². The van der Waals surface area contributed by atoms with Gasteiger partial charge < -0.3 is 10.6 Å². The molecule has 0 radical (unpaired) electrons. The lowest BCUT2D eigenvalue weighted by molar-refractivity contribution is 0.0927. The summed E-state index contributed by atoms with van der Waals surface area (Å²) in [5.41, 5.74) is 3.78. The topological polar surface area (TPSA) is 71.1 Å². The molecule has 1 aromatic heterocycles. The Labute approximate surface area is 167 Å². The van der Waals surface area contributed by atoms with Crippen molar-refractivity contribution in [3.63, 3.8) is 0 Å². The second-order valence-corrected chi connectivity index (χ2v) is 7.35. The number of pyridine rings is 1. The lowest BCUT2D eigenvalue weighted by Crippen LogP contribution is -2.36. The van der Waals surface area contributed by atoms with Crippen LogP contribution >= 0.6 is 0 Å². The SMILES string of the molecule is CCc1cccc(CC)c1NC(=O)c1cc(C(=O)NC2CCCCC2)ccn1. The van der Waals surface area contributed by atoms with Gasteiger partial charge in [-0.15, -0.1) is 0 Å². The normalized spacial score (nSPS) is 14.5. The molecule has 1 heterocycles. The smallest absolute Gasteiger partial charge is 0.274 e. The lowest BCUT2D eigenvalue weighted by atomic mass is 9.95. The van der Waals surface area contributed by atoms with Crippen LogP contribution in [0.4, 0.5) is 5.69 Å². The van der Waals surface area contributed by atoms with E-state index in [1.54, 1.807) is 12.1 Å². The zero-order chi connectivity index (χ0) is 19.9. The van der Waals surface area contributed by atoms with Crippen molar-refractivity contribution < 1.29 is 9.59 Å². The molecule has 1 aromatic carbocycles. The number of aryl methyl sites for hydroxylation is 2. The molecule has 1 aliphatic carbocycles. The number of hydrogen-bond donors (Lipinski definition) is 2. The molecule has 1 saturated carbocycles. The highest BCUT2D eigenvalue weighted by atomic mass is 16.2. The molecular formula is C23H29N3O2. The molecule has 0 atom stereocenters. The van der Waals surface area contributed by atoms with Gasteiger partial charge in [0.25, 0.3) is 11.8 Å². The Kier molecular flexibility index (Phi) is 6.80. The highest BCUT2D eigenvalue weighted by Gasteiger charge is 2.18. The van der Waals surface area contributed by atoms with Crippen LogP contribution in [-0.4, -0.2) is 22.8 Å². The molecule has 0 bridgehead atoms. The van der Waals surface area contributed by atoms with Crippen LogP contribution in [0.2, 0.25) is 0 Å². The van der Waals surface area contributed by atoms with Crippen molar-refractivity contribution >= 4 is 17.5 Å². The van der Waals surface area contributed by atoms with Gasteiger partial charge in [-0.05, 0) is 48.9 Å². The Morgan fingerprint density at radius 2 is 1.68 bits per heavy atom. The standard InChI is InChI=1S/C23H29N3O2/c1-3-16-9-8-10-17(4-2)21(16)26-23(28)20-15-18(13-14-24-20)22(27)25-19-11-6-5-7-12-19/h8-10,13-15,19H,3-7,11-12H2,1-2H3,(H,25,27)(H,26,28). The number of carbonyl (C=O) groups excluding carboxylic acids is 2. The summed E-state index contributed by atoms with van der Waals surface area (Å²) in [6.45, 7) is 4.14. The van der Waals surface area contributed by atoms with Gasteiger partial charge in [0.2, 0.25) is 0 Å². The van der Waals surface area contributed by atoms with Crippen LogP contribution in [0.5, 0.6) is 0 Å². The van der Waals surface area contributed by atoms with Gasteiger partial charge in [0.05, 0.1) is 0 Å². The zero-order valence-electron chi connectivity index (χ0n) is 16.8. The van der Waals surface area contributed by atoms with Crippen molar-refractivity contribution in [2.45, 2.75) is 64.8 Å². The summed E-state index contributed by atoms with van der Waals surface area (Å²) in [7, 11) is 0. The summed E-state index contributed by atoms with van der Waals surface area (Å²) >= 11 is 0. The number of nitrogens with one attached hydrogen (secondary N) is 2. The van der Waals surface area contributed by atoms with E-state index in [2.05, 4.69) is 29.5 Å². The lowest BCUT2D eigenvalue weighted by Gasteiger charge is -2.22. The number of amides is 2. The minimum atomic E-state index is -0.289. The summed E-state index contributed by atoms with van der Waals surface area (Å²) in [6.07, 6.45) is 8.80. The third-order valence-electron chi connectivity index (χ3n) is 5.43. The monoisotopic (exact) mass is 379 g/mol. The van der Waals surface area contributed by atoms with E-state index in [1.165, 1.54) is 12.6 Å². The molecule has 2 N–H and O–H groups in total. The predicted molar refractivity (Wildman–Crippen MR) is 112 cm³/mol. The minimum Gasteiger partial charge on any atom is -0.349 e. The summed E-state index contributed by atoms with van der Waals surface area (Å²) in [5.74, 6) is -0.422. The number of rotatable bonds is 6. The van der Waals surface area contributed by atoms with Crippen molar-refractivity contribution in [3.8, 4) is 0 Å². The first kappa shape index (κ1) is 20.1. The van der Waals surface area contributed by atoms with Gasteiger partial charge in [-0.3, -0.25) is 14.6 Å². The number of anilines is 1. The van der Waals surface area contributed by atoms with Crippen LogP contribution in [0.1, 0.15) is 77.9 Å². The van der Waals surface area contributed by atoms with E-state index in [0.717, 1.165) is 55.3 Å². The number of para-hydroxylation sites is 1. The van der Waals surface area contributed by atoms with Gasteiger partial charge >= 0.3 is 0 Å². The molecule has 148 valence electrons. The fourth-order valence-corrected chi connectivity index (χ4v) is 3.79. The third-order valence-corrected chi connectivity index (χ3v) is 5.43. The van der Waals surface area contributed by atoms with Gasteiger partial charge in [0, 0.05) is 23.5 Å². The number of benzene rings is 1. The van der Waals surface area contributed by atoms with E-state index in [-0.39, 0.29) is 23.6 Å². The van der Waals surface area contributed by atoms with Gasteiger partial charge in [-0.1, -0.05) is 51.3 Å². The Balaban J connectivity index is 1.75. The van der Waals surface area contributed by atoms with E-state index in [9.17, 15) is 9.59 Å². The van der Waals surface area contributed by atoms with Crippen molar-refractivity contribution in [3.05, 3.63) is 58.9 Å². The largest absolute Gasteiger partial charge is 0.349 e. The minimum absolute atomic E-state index is 0.133. The number of nitrogens with zero attached hydrogens (tertiary/aromatic N) is 1. The fraction of sp³-hybridized carbons (Fsp3) is 0.435. The van der Waals surface area contributed by atoms with Crippen molar-refractivity contribution in [2.24, 2.45) is 0 Å². The highest BCUT2D eigenvalue weighted by molar-refractivity contribution is 6.05. The number of carbonyl (C=O) groups is 2. The van der Waals surface area contributed by atoms with Crippen LogP contribution < -0.4 is 10.6 Å². The molecule has 3 rings (SSSR count). The fourth-order valence-electron chi connectivity index (χ4n) is 3.79. The Morgan fingerprint density at radius 1 is 1.00 bits per heavy atom. The van der Waals surface area contributed by atoms with E-state index < -0.39 is 0 Å². The quantitative estimate of drug-likeness (QED) is 0.775. The van der Waals surface area contributed by atoms with Crippen LogP contribution in [0.15, 0.2) is 36.5 Å². The van der Waals surface area contributed by atoms with Gasteiger partial charge in [-0.25, -0.2) is 0 Å². The zero-order valence-corrected chi connectivity index (χ0v) is 16.8. The van der Waals surface area contributed by atoms with Gasteiger partial charge in [0.15, 0.2) is 0 Å². The Bertz CT molecular complexity index is 819. The van der Waals surface area contributed by atoms with Gasteiger partial charge in [0.1, 0.15) is 5.69 Å². The summed E-state index contributed by atoms with van der Waals surface area (Å²) in [4.78, 5) is 29.6. The first-order chi connectivity index (χ1) is 13.6. The molecular weight excluding hydrogens is 350 g/mol. The molecule has 5 nitrogen and oxygen atoms in total. The molecule has 0 spiro atoms. The average molecular weight is 380 g/mol. The van der Waals surface area contributed by atoms with Crippen molar-refractivity contribution in [2.75, 3.05) is 5.32 Å². The highest BCUT2D eigenvalue weighted by Crippen LogP contribution is 2.23. The molecule has 1 aliphatic rings. The first-order valence-corrected chi connectivity index (χ1v) is 10.3. The molecule has 0 aliphatic heterocycles. The molecule has 28 heavy (non-hydrogen) atoms. The molecule has 1 fully saturated rings. The second kappa shape index (κ2) is 9.49. The van der Waals surface area contributed by atoms with Crippen LogP contribution in [-0.2, 0) is 12.8 Å². The molecule has 0 saturated heterocycles. The second-order valence-electron chi connectivity index (χ2n) is 7.35. The summed E-state index contributed by atoms with van der Waals surface area (Å²) < 4.78 is 0. The summed E-state index contributed by atoms with van der Waals surface area (Å²) in [5, 5.41) is 6.10. The van der Waals surface area contributed by atoms with Gasteiger partial charge in [-0.2, -0.15) is 0 Å². The van der Waals surface area contributed by atoms with Crippen LogP contribution in [0, 0.1) is 0 Å². The maximum Gasteiger partial charge on any atom is 0.274 e. The maximum absolute atomic E-state index is 12.8. The van der Waals surface area contributed by atoms with Crippen molar-refractivity contribution in [1.29, 1.82) is 0 Å². The molecule has 2 aromatic rings. The van der Waals surface area contributed by atoms with Crippen LogP contribution in [0.25, 0.3) is 0 Å².